The van der Waals surface area contributed by atoms with Crippen molar-refractivity contribution in [1.29, 1.82) is 0 Å². The van der Waals surface area contributed by atoms with Gasteiger partial charge < -0.3 is 39.4 Å². The van der Waals surface area contributed by atoms with Crippen LogP contribution in [0.4, 0.5) is 5.69 Å². The van der Waals surface area contributed by atoms with E-state index in [0.29, 0.717) is 32.1 Å². The van der Waals surface area contributed by atoms with Crippen molar-refractivity contribution in [2.24, 2.45) is 0 Å². The number of phosphoric ester groups is 1. The summed E-state index contributed by atoms with van der Waals surface area (Å²) in [5.41, 5.74) is 1.63. The summed E-state index contributed by atoms with van der Waals surface area (Å²) < 4.78 is 37.3. The van der Waals surface area contributed by atoms with Gasteiger partial charge in [-0.05, 0) is 30.5 Å². The Morgan fingerprint density at radius 1 is 0.760 bits per heavy atom. The Morgan fingerprint density at radius 2 is 1.28 bits per heavy atom. The maximum Gasteiger partial charge on any atom is 0.469 e. The maximum atomic E-state index is 12.9. The van der Waals surface area contributed by atoms with Crippen LogP contribution < -0.4 is 10.6 Å². The average Bonchev–Trinajstić information content (AvgIpc) is 3.40. The zero-order valence-electron chi connectivity index (χ0n) is 29.1. The van der Waals surface area contributed by atoms with Gasteiger partial charge in [0.15, 0.2) is 0 Å². The Kier molecular flexibility index (Phi) is 22.3. The molecule has 4 amide bonds. The van der Waals surface area contributed by atoms with E-state index in [1.54, 1.807) is 12.1 Å². The van der Waals surface area contributed by atoms with Gasteiger partial charge in [-0.3, -0.25) is 28.6 Å². The summed E-state index contributed by atoms with van der Waals surface area (Å²) in [5, 5.41) is 5.11. The number of unbranched alkanes of at least 4 members (excludes halogenated alkanes) is 7. The lowest BCUT2D eigenvalue weighted by molar-refractivity contribution is -0.137. The molecular formula is C34H54N3O12P. The van der Waals surface area contributed by atoms with Crippen LogP contribution in [0.1, 0.15) is 70.3 Å². The van der Waals surface area contributed by atoms with E-state index in [1.807, 2.05) is 12.1 Å². The van der Waals surface area contributed by atoms with Crippen LogP contribution in [0.15, 0.2) is 36.4 Å². The molecule has 2 rings (SSSR count). The number of carbonyl (C=O) groups excluding carboxylic acids is 4. The highest BCUT2D eigenvalue weighted by atomic mass is 31.2. The number of ether oxygens (including phenoxy) is 4. The van der Waals surface area contributed by atoms with Gasteiger partial charge in [0.25, 0.3) is 11.8 Å². The van der Waals surface area contributed by atoms with Crippen molar-refractivity contribution in [3.63, 3.8) is 0 Å². The third kappa shape index (κ3) is 20.6. The number of carbonyl (C=O) groups is 4. The Morgan fingerprint density at radius 3 is 1.84 bits per heavy atom. The van der Waals surface area contributed by atoms with Crippen LogP contribution in [0.5, 0.6) is 0 Å². The molecular weight excluding hydrogens is 673 g/mol. The summed E-state index contributed by atoms with van der Waals surface area (Å²) >= 11 is 0. The number of phosphoric acid groups is 1. The Labute approximate surface area is 294 Å². The fourth-order valence-electron chi connectivity index (χ4n) is 4.80. The van der Waals surface area contributed by atoms with E-state index in [1.165, 1.54) is 57.1 Å². The number of benzene rings is 1. The predicted molar refractivity (Wildman–Crippen MR) is 185 cm³/mol. The molecule has 0 saturated heterocycles. The first-order chi connectivity index (χ1) is 24.1. The highest BCUT2D eigenvalue weighted by Gasteiger charge is 2.26. The highest BCUT2D eigenvalue weighted by Crippen LogP contribution is 2.35. The number of imide groups is 1. The van der Waals surface area contributed by atoms with Gasteiger partial charge in [-0.2, -0.15) is 0 Å². The molecule has 1 heterocycles. The maximum absolute atomic E-state index is 12.9. The van der Waals surface area contributed by atoms with Crippen LogP contribution >= 0.6 is 7.82 Å². The van der Waals surface area contributed by atoms with Gasteiger partial charge in [0, 0.05) is 24.3 Å². The van der Waals surface area contributed by atoms with Crippen LogP contribution in [0.25, 0.3) is 0 Å². The summed E-state index contributed by atoms with van der Waals surface area (Å²) in [4.78, 5) is 67.6. The van der Waals surface area contributed by atoms with Crippen molar-refractivity contribution < 1.29 is 57.0 Å². The van der Waals surface area contributed by atoms with Crippen molar-refractivity contribution >= 4 is 37.1 Å². The summed E-state index contributed by atoms with van der Waals surface area (Å²) in [6.45, 7) is 3.64. The van der Waals surface area contributed by atoms with Crippen molar-refractivity contribution in [1.82, 2.24) is 10.2 Å². The van der Waals surface area contributed by atoms with Gasteiger partial charge >= 0.3 is 7.82 Å². The summed E-state index contributed by atoms with van der Waals surface area (Å²) in [7, 11) is -4.88. The molecule has 0 fully saturated rings. The molecule has 1 aromatic carbocycles. The number of aryl methyl sites for hydroxylation is 1. The van der Waals surface area contributed by atoms with Crippen LogP contribution in [0.3, 0.4) is 0 Å². The second-order valence-electron chi connectivity index (χ2n) is 11.7. The molecule has 15 nitrogen and oxygen atoms in total. The van der Waals surface area contributed by atoms with E-state index >= 15 is 0 Å². The Bertz CT molecular complexity index is 1210. The van der Waals surface area contributed by atoms with E-state index in [-0.39, 0.29) is 51.2 Å². The summed E-state index contributed by atoms with van der Waals surface area (Å²) in [6.07, 6.45) is 13.2. The second-order valence-corrected chi connectivity index (χ2v) is 12.9. The Hall–Kier alpha value is -3.01. The molecule has 1 aliphatic heterocycles. The number of rotatable bonds is 30. The highest BCUT2D eigenvalue weighted by molar-refractivity contribution is 7.46. The number of hydrogen-bond acceptors (Lipinski definition) is 10. The minimum atomic E-state index is -4.88. The van der Waals surface area contributed by atoms with Gasteiger partial charge in [0.2, 0.25) is 11.8 Å². The van der Waals surface area contributed by atoms with Gasteiger partial charge in [0.1, 0.15) is 6.04 Å². The number of amides is 4. The van der Waals surface area contributed by atoms with Gasteiger partial charge in [-0.1, -0.05) is 64.0 Å². The SMILES string of the molecule is CCCCCCCCCCc1ccc(NC(=O)C(COP(=O)(O)O)NC(=O)CCOCCOCCOCCOCCN2C(=O)C=CC2=O)cc1. The zero-order valence-corrected chi connectivity index (χ0v) is 29.9. The molecule has 1 aromatic rings. The fraction of sp³-hybridized carbons (Fsp3) is 0.647. The largest absolute Gasteiger partial charge is 0.469 e. The van der Waals surface area contributed by atoms with Crippen LogP contribution in [0.2, 0.25) is 0 Å². The van der Waals surface area contributed by atoms with E-state index in [0.717, 1.165) is 23.3 Å². The third-order valence-electron chi connectivity index (χ3n) is 7.55. The second kappa shape index (κ2) is 25.9. The lowest BCUT2D eigenvalue weighted by atomic mass is 10.0. The number of nitrogens with zero attached hydrogens (tertiary/aromatic N) is 1. The van der Waals surface area contributed by atoms with Crippen LogP contribution in [-0.2, 0) is 53.6 Å². The number of anilines is 1. The molecule has 0 aliphatic carbocycles. The van der Waals surface area contributed by atoms with E-state index < -0.39 is 32.3 Å². The lowest BCUT2D eigenvalue weighted by Gasteiger charge is -2.19. The standard InChI is InChI=1S/C34H54N3O12P/c1-2-3-4-5-6-7-8-9-10-28-11-13-29(14-12-28)35-34(41)30(27-49-50(42,43)44)36-31(38)17-19-45-21-23-47-25-26-48-24-22-46-20-18-37-32(39)15-16-33(37)40/h11-16,30H,2-10,17-27H2,1H3,(H,35,41)(H,36,38)(H2,42,43,44). The molecule has 0 aromatic heterocycles. The monoisotopic (exact) mass is 727 g/mol. The average molecular weight is 728 g/mol. The molecule has 0 radical (unpaired) electrons. The molecule has 0 saturated carbocycles. The number of nitrogens with one attached hydrogen (secondary N) is 2. The van der Waals surface area contributed by atoms with Crippen molar-refractivity contribution in [2.75, 3.05) is 71.3 Å². The molecule has 4 N–H and O–H groups in total. The smallest absolute Gasteiger partial charge is 0.379 e. The fourth-order valence-corrected chi connectivity index (χ4v) is 5.15. The van der Waals surface area contributed by atoms with Crippen LogP contribution in [0, 0.1) is 0 Å². The first-order valence-electron chi connectivity index (χ1n) is 17.3. The Balaban J connectivity index is 1.56. The first-order valence-corrected chi connectivity index (χ1v) is 18.9. The molecule has 0 bridgehead atoms. The summed E-state index contributed by atoms with van der Waals surface area (Å²) in [6, 6.07) is 6.00. The molecule has 1 atom stereocenters. The topological polar surface area (TPSA) is 199 Å². The molecule has 16 heteroatoms. The van der Waals surface area contributed by atoms with Gasteiger partial charge in [-0.15, -0.1) is 0 Å². The third-order valence-corrected chi connectivity index (χ3v) is 8.04. The molecule has 50 heavy (non-hydrogen) atoms. The normalized spacial score (nSPS) is 13.6. The van der Waals surface area contributed by atoms with Gasteiger partial charge in [0.05, 0.1) is 66.0 Å². The minimum absolute atomic E-state index is 0.0295. The lowest BCUT2D eigenvalue weighted by Crippen LogP contribution is -2.46. The first kappa shape index (κ1) is 43.2. The van der Waals surface area contributed by atoms with Crippen molar-refractivity contribution in [2.45, 2.75) is 77.2 Å². The van der Waals surface area contributed by atoms with E-state index in [9.17, 15) is 23.7 Å². The van der Waals surface area contributed by atoms with Crippen molar-refractivity contribution in [3.8, 4) is 0 Å². The van der Waals surface area contributed by atoms with Crippen LogP contribution in [-0.4, -0.2) is 110 Å². The van der Waals surface area contributed by atoms with E-state index in [2.05, 4.69) is 22.1 Å². The summed E-state index contributed by atoms with van der Waals surface area (Å²) in [5.74, 6) is -1.94. The minimum Gasteiger partial charge on any atom is -0.379 e. The predicted octanol–water partition coefficient (Wildman–Crippen LogP) is 3.28. The number of hydrogen-bond donors (Lipinski definition) is 4. The van der Waals surface area contributed by atoms with Gasteiger partial charge in [-0.25, -0.2) is 4.57 Å². The zero-order chi connectivity index (χ0) is 36.5. The molecule has 282 valence electrons. The molecule has 1 aliphatic rings. The molecule has 1 unspecified atom stereocenters. The quantitative estimate of drug-likeness (QED) is 0.0513. The van der Waals surface area contributed by atoms with Crippen molar-refractivity contribution in [3.05, 3.63) is 42.0 Å². The van der Waals surface area contributed by atoms with E-state index in [4.69, 9.17) is 28.7 Å². The molecule has 0 spiro atoms.